The summed E-state index contributed by atoms with van der Waals surface area (Å²) in [5.41, 5.74) is 3.84. The van der Waals surface area contributed by atoms with Gasteiger partial charge in [0.1, 0.15) is 16.1 Å². The highest BCUT2D eigenvalue weighted by atomic mass is 32.2. The molecule has 1 N–H and O–H groups in total. The molecule has 1 aliphatic heterocycles. The van der Waals surface area contributed by atoms with Crippen LogP contribution in [-0.2, 0) is 4.79 Å². The molecule has 29 heavy (non-hydrogen) atoms. The second kappa shape index (κ2) is 8.67. The van der Waals surface area contributed by atoms with E-state index in [2.05, 4.69) is 27.1 Å². The van der Waals surface area contributed by atoms with Crippen LogP contribution >= 0.6 is 23.1 Å². The first-order valence-electron chi connectivity index (χ1n) is 9.86. The van der Waals surface area contributed by atoms with Crippen LogP contribution in [0.25, 0.3) is 10.3 Å². The van der Waals surface area contributed by atoms with E-state index < -0.39 is 0 Å². The van der Waals surface area contributed by atoms with Crippen LogP contribution in [0, 0.1) is 19.8 Å². The highest BCUT2D eigenvalue weighted by molar-refractivity contribution is 8.00. The molecule has 0 radical (unpaired) electrons. The Balaban J connectivity index is 1.46. The lowest BCUT2D eigenvalue weighted by Crippen LogP contribution is -2.34. The number of nitrogens with zero attached hydrogens (tertiary/aromatic N) is 4. The number of hydrogen-bond acceptors (Lipinski definition) is 7. The van der Waals surface area contributed by atoms with Gasteiger partial charge in [0.05, 0.1) is 5.75 Å². The maximum Gasteiger partial charge on any atom is 0.234 e. The van der Waals surface area contributed by atoms with E-state index in [9.17, 15) is 4.79 Å². The van der Waals surface area contributed by atoms with E-state index in [1.165, 1.54) is 30.9 Å². The summed E-state index contributed by atoms with van der Waals surface area (Å²) in [6.45, 7) is 8.43. The van der Waals surface area contributed by atoms with Crippen molar-refractivity contribution in [3.8, 4) is 0 Å². The topological polar surface area (TPSA) is 71.0 Å². The van der Waals surface area contributed by atoms with Crippen LogP contribution in [0.1, 0.15) is 30.9 Å². The lowest BCUT2D eigenvalue weighted by atomic mass is 10.0. The smallest absolute Gasteiger partial charge is 0.234 e. The Labute approximate surface area is 179 Å². The number of rotatable bonds is 5. The molecule has 3 aromatic rings. The zero-order chi connectivity index (χ0) is 20.4. The average Bonchev–Trinajstić information content (AvgIpc) is 3.15. The number of thiazole rings is 1. The first kappa shape index (κ1) is 20.1. The predicted molar refractivity (Wildman–Crippen MR) is 121 cm³/mol. The standard InChI is InChI=1S/C21H25N5OS2/c1-13-6-5-9-26(10-13)21-25-19-18(29-21)20(23-12-22-19)28-11-17(27)24-16-8-4-7-14(2)15(16)3/h4,7-8,12-13H,5-6,9-11H2,1-3H3,(H,24,27)/t13-/m1/s1. The average molecular weight is 428 g/mol. The number of hydrogen-bond donors (Lipinski definition) is 1. The third kappa shape index (κ3) is 4.53. The normalized spacial score (nSPS) is 16.9. The van der Waals surface area contributed by atoms with Crippen molar-refractivity contribution >= 4 is 50.2 Å². The van der Waals surface area contributed by atoms with Gasteiger partial charge >= 0.3 is 0 Å². The monoisotopic (exact) mass is 427 g/mol. The molecule has 4 rings (SSSR count). The van der Waals surface area contributed by atoms with Gasteiger partial charge < -0.3 is 10.2 Å². The molecule has 1 amide bonds. The summed E-state index contributed by atoms with van der Waals surface area (Å²) in [4.78, 5) is 28.3. The van der Waals surface area contributed by atoms with Crippen molar-refractivity contribution in [2.75, 3.05) is 29.1 Å². The molecule has 152 valence electrons. The van der Waals surface area contributed by atoms with Crippen molar-refractivity contribution in [2.24, 2.45) is 5.92 Å². The number of amides is 1. The van der Waals surface area contributed by atoms with Crippen molar-refractivity contribution in [3.05, 3.63) is 35.7 Å². The molecule has 8 heteroatoms. The Morgan fingerprint density at radius 2 is 2.21 bits per heavy atom. The van der Waals surface area contributed by atoms with Gasteiger partial charge in [-0.05, 0) is 49.8 Å². The SMILES string of the molecule is Cc1cccc(NC(=O)CSc2ncnc3nc(N4CCC[C@@H](C)C4)sc23)c1C. The third-order valence-electron chi connectivity index (χ3n) is 5.29. The van der Waals surface area contributed by atoms with Gasteiger partial charge in [-0.25, -0.2) is 9.97 Å². The Morgan fingerprint density at radius 3 is 3.03 bits per heavy atom. The summed E-state index contributed by atoms with van der Waals surface area (Å²) in [7, 11) is 0. The minimum Gasteiger partial charge on any atom is -0.348 e. The van der Waals surface area contributed by atoms with Gasteiger partial charge in [0.25, 0.3) is 0 Å². The van der Waals surface area contributed by atoms with E-state index >= 15 is 0 Å². The molecule has 0 unspecified atom stereocenters. The summed E-state index contributed by atoms with van der Waals surface area (Å²) in [6, 6.07) is 5.93. The number of carbonyl (C=O) groups excluding carboxylic acids is 1. The summed E-state index contributed by atoms with van der Waals surface area (Å²) in [5.74, 6) is 0.947. The summed E-state index contributed by atoms with van der Waals surface area (Å²) in [6.07, 6.45) is 4.01. The van der Waals surface area contributed by atoms with Crippen LogP contribution in [0.3, 0.4) is 0 Å². The minimum atomic E-state index is -0.0370. The van der Waals surface area contributed by atoms with Gasteiger partial charge in [0.15, 0.2) is 10.8 Å². The van der Waals surface area contributed by atoms with Crippen molar-refractivity contribution in [2.45, 2.75) is 38.6 Å². The van der Waals surface area contributed by atoms with Crippen molar-refractivity contribution in [1.82, 2.24) is 15.0 Å². The quantitative estimate of drug-likeness (QED) is 0.471. The van der Waals surface area contributed by atoms with Crippen LogP contribution in [0.15, 0.2) is 29.6 Å². The lowest BCUT2D eigenvalue weighted by molar-refractivity contribution is -0.113. The Hall–Kier alpha value is -2.19. The highest BCUT2D eigenvalue weighted by Gasteiger charge is 2.21. The Kier molecular flexibility index (Phi) is 6.01. The maximum atomic E-state index is 12.5. The van der Waals surface area contributed by atoms with Crippen molar-refractivity contribution in [1.29, 1.82) is 0 Å². The van der Waals surface area contributed by atoms with Gasteiger partial charge in [0, 0.05) is 18.8 Å². The van der Waals surface area contributed by atoms with Gasteiger partial charge in [-0.2, -0.15) is 4.98 Å². The first-order valence-corrected chi connectivity index (χ1v) is 11.7. The van der Waals surface area contributed by atoms with Crippen molar-refractivity contribution < 1.29 is 4.79 Å². The number of nitrogens with one attached hydrogen (secondary N) is 1. The van der Waals surface area contributed by atoms with Crippen LogP contribution in [0.4, 0.5) is 10.8 Å². The molecule has 1 saturated heterocycles. The van der Waals surface area contributed by atoms with Crippen LogP contribution in [-0.4, -0.2) is 39.7 Å². The fraction of sp³-hybridized carbons (Fsp3) is 0.429. The van der Waals surface area contributed by atoms with Crippen LogP contribution < -0.4 is 10.2 Å². The van der Waals surface area contributed by atoms with E-state index in [-0.39, 0.29) is 5.91 Å². The fourth-order valence-corrected chi connectivity index (χ4v) is 5.46. The Bertz CT molecular complexity index is 1040. The predicted octanol–water partition coefficient (Wildman–Crippen LogP) is 4.67. The second-order valence-electron chi connectivity index (χ2n) is 7.61. The molecule has 0 spiro atoms. The van der Waals surface area contributed by atoms with Crippen LogP contribution in [0.5, 0.6) is 0 Å². The molecule has 3 heterocycles. The molecular weight excluding hydrogens is 402 g/mol. The van der Waals surface area contributed by atoms with E-state index in [1.54, 1.807) is 11.3 Å². The number of fused-ring (bicyclic) bond motifs is 1. The lowest BCUT2D eigenvalue weighted by Gasteiger charge is -2.30. The highest BCUT2D eigenvalue weighted by Crippen LogP contribution is 2.35. The molecule has 1 aromatic carbocycles. The largest absolute Gasteiger partial charge is 0.348 e. The summed E-state index contributed by atoms with van der Waals surface area (Å²) >= 11 is 3.07. The zero-order valence-electron chi connectivity index (χ0n) is 16.9. The zero-order valence-corrected chi connectivity index (χ0v) is 18.6. The molecule has 2 aromatic heterocycles. The summed E-state index contributed by atoms with van der Waals surface area (Å²) < 4.78 is 0.963. The van der Waals surface area contributed by atoms with Crippen LogP contribution in [0.2, 0.25) is 0 Å². The maximum absolute atomic E-state index is 12.5. The second-order valence-corrected chi connectivity index (χ2v) is 9.55. The molecule has 0 saturated carbocycles. The summed E-state index contributed by atoms with van der Waals surface area (Å²) in [5, 5.41) is 4.83. The van der Waals surface area contributed by atoms with Gasteiger partial charge in [-0.3, -0.25) is 4.79 Å². The Morgan fingerprint density at radius 1 is 1.34 bits per heavy atom. The van der Waals surface area contributed by atoms with Crippen molar-refractivity contribution in [3.63, 3.8) is 0 Å². The number of benzene rings is 1. The number of piperidine rings is 1. The molecule has 6 nitrogen and oxygen atoms in total. The number of aromatic nitrogens is 3. The van der Waals surface area contributed by atoms with Gasteiger partial charge in [-0.15, -0.1) is 0 Å². The van der Waals surface area contributed by atoms with Gasteiger partial charge in [0.2, 0.25) is 5.91 Å². The number of anilines is 2. The molecule has 1 aliphatic rings. The molecule has 1 fully saturated rings. The van der Waals surface area contributed by atoms with E-state index in [4.69, 9.17) is 4.98 Å². The minimum absolute atomic E-state index is 0.0370. The molecule has 0 aliphatic carbocycles. The molecular formula is C21H25N5OS2. The number of carbonyl (C=O) groups is 1. The van der Waals surface area contributed by atoms with Gasteiger partial charge in [-0.1, -0.05) is 42.2 Å². The fourth-order valence-electron chi connectivity index (χ4n) is 3.53. The van der Waals surface area contributed by atoms with E-state index in [1.807, 2.05) is 32.0 Å². The first-order chi connectivity index (χ1) is 14.0. The number of aryl methyl sites for hydroxylation is 1. The van der Waals surface area contributed by atoms with E-state index in [0.29, 0.717) is 11.7 Å². The molecule has 0 bridgehead atoms. The number of thioether (sulfide) groups is 1. The van der Waals surface area contributed by atoms with E-state index in [0.717, 1.165) is 50.4 Å². The third-order valence-corrected chi connectivity index (χ3v) is 7.52. The molecule has 1 atom stereocenters.